The van der Waals surface area contributed by atoms with Gasteiger partial charge < -0.3 is 5.73 Å². The van der Waals surface area contributed by atoms with Crippen LogP contribution in [0, 0.1) is 10.1 Å². The van der Waals surface area contributed by atoms with Crippen molar-refractivity contribution in [3.8, 4) is 0 Å². The molecule has 0 spiro atoms. The van der Waals surface area contributed by atoms with E-state index in [2.05, 4.69) is 0 Å². The topological polar surface area (TPSA) is 178 Å². The van der Waals surface area contributed by atoms with Crippen molar-refractivity contribution in [3.63, 3.8) is 0 Å². The summed E-state index contributed by atoms with van der Waals surface area (Å²) in [6.07, 6.45) is -0.102. The molecule has 2 rings (SSSR count). The normalized spacial score (nSPS) is 12.1. The molecule has 12 heteroatoms. The van der Waals surface area contributed by atoms with Crippen molar-refractivity contribution in [2.45, 2.75) is 22.6 Å². The predicted octanol–water partition coefficient (Wildman–Crippen LogP) is 1.46. The number of aryl methyl sites for hydroxylation is 2. The van der Waals surface area contributed by atoms with E-state index in [0.717, 1.165) is 24.3 Å². The monoisotopic (exact) mass is 402 g/mol. The third-order valence-corrected chi connectivity index (χ3v) is 5.44. The van der Waals surface area contributed by atoms with Crippen molar-refractivity contribution in [3.05, 3.63) is 57.6 Å². The van der Waals surface area contributed by atoms with Crippen LogP contribution in [0.2, 0.25) is 0 Å². The highest BCUT2D eigenvalue weighted by Gasteiger charge is 2.21. The molecule has 0 aromatic heterocycles. The summed E-state index contributed by atoms with van der Waals surface area (Å²) in [5, 5.41) is 10.8. The quantitative estimate of drug-likeness (QED) is 0.279. The van der Waals surface area contributed by atoms with Crippen molar-refractivity contribution in [2.75, 3.05) is 5.73 Å². The highest BCUT2D eigenvalue weighted by molar-refractivity contribution is 7.86. The Morgan fingerprint density at radius 3 is 1.81 bits per heavy atom. The summed E-state index contributed by atoms with van der Waals surface area (Å²) in [7, 11) is -9.28. The fourth-order valence-electron chi connectivity index (χ4n) is 2.39. The number of non-ortho nitro benzene ring substituents is 1. The summed E-state index contributed by atoms with van der Waals surface area (Å²) >= 11 is 0. The smallest absolute Gasteiger partial charge is 0.295 e. The number of hydrogen-bond acceptors (Lipinski definition) is 7. The lowest BCUT2D eigenvalue weighted by atomic mass is 10.0. The van der Waals surface area contributed by atoms with Gasteiger partial charge in [0.2, 0.25) is 0 Å². The highest BCUT2D eigenvalue weighted by Crippen LogP contribution is 2.25. The van der Waals surface area contributed by atoms with E-state index in [1.54, 1.807) is 0 Å². The van der Waals surface area contributed by atoms with E-state index in [1.165, 1.54) is 12.1 Å². The summed E-state index contributed by atoms with van der Waals surface area (Å²) < 4.78 is 64.5. The van der Waals surface area contributed by atoms with Gasteiger partial charge in [-0.25, -0.2) is 0 Å². The number of nitro groups is 1. The zero-order chi connectivity index (χ0) is 19.7. The average molecular weight is 402 g/mol. The predicted molar refractivity (Wildman–Crippen MR) is 91.0 cm³/mol. The van der Waals surface area contributed by atoms with E-state index >= 15 is 0 Å². The molecule has 0 aliphatic carbocycles. The van der Waals surface area contributed by atoms with E-state index < -0.39 is 40.6 Å². The molecule has 140 valence electrons. The summed E-state index contributed by atoms with van der Waals surface area (Å²) in [5.74, 6) is 0. The Morgan fingerprint density at radius 2 is 1.35 bits per heavy atom. The maximum absolute atomic E-state index is 11.5. The minimum Gasteiger partial charge on any atom is -0.399 e. The number of benzene rings is 2. The second-order valence-corrected chi connectivity index (χ2v) is 8.15. The number of nitro benzene ring substituents is 1. The van der Waals surface area contributed by atoms with E-state index in [4.69, 9.17) is 5.73 Å². The number of nitrogens with zero attached hydrogens (tertiary/aromatic N) is 1. The van der Waals surface area contributed by atoms with Crippen LogP contribution in [-0.4, -0.2) is 30.9 Å². The van der Waals surface area contributed by atoms with Gasteiger partial charge in [0.15, 0.2) is 0 Å². The molecule has 0 atom stereocenters. The third-order valence-electron chi connectivity index (χ3n) is 3.57. The highest BCUT2D eigenvalue weighted by atomic mass is 32.2. The Kier molecular flexibility index (Phi) is 5.32. The van der Waals surface area contributed by atoms with Gasteiger partial charge in [-0.3, -0.25) is 19.2 Å². The average Bonchev–Trinajstić information content (AvgIpc) is 2.51. The summed E-state index contributed by atoms with van der Waals surface area (Å²) in [5.41, 5.74) is 5.31. The van der Waals surface area contributed by atoms with Gasteiger partial charge in [-0.1, -0.05) is 12.1 Å². The van der Waals surface area contributed by atoms with Crippen LogP contribution in [0.1, 0.15) is 11.1 Å². The zero-order valence-corrected chi connectivity index (χ0v) is 14.7. The first-order chi connectivity index (χ1) is 11.9. The molecule has 0 fully saturated rings. The molecular formula is C14H14N2O8S2. The van der Waals surface area contributed by atoms with Crippen LogP contribution >= 0.6 is 0 Å². The SMILES string of the molecule is Nc1ccc(CCc2ccc([N+](=O)[O-])cc2S(=O)(=O)O)c(S(=O)(=O)O)c1. The minimum absolute atomic E-state index is 0.0320. The van der Waals surface area contributed by atoms with Gasteiger partial charge in [-0.15, -0.1) is 0 Å². The zero-order valence-electron chi connectivity index (χ0n) is 13.1. The maximum atomic E-state index is 11.5. The molecule has 0 bridgehead atoms. The summed E-state index contributed by atoms with van der Waals surface area (Å²) in [4.78, 5) is 8.90. The Morgan fingerprint density at radius 1 is 0.885 bits per heavy atom. The molecule has 0 heterocycles. The van der Waals surface area contributed by atoms with E-state index in [-0.39, 0.29) is 29.7 Å². The van der Waals surface area contributed by atoms with E-state index in [9.17, 15) is 36.1 Å². The molecule has 0 saturated heterocycles. The van der Waals surface area contributed by atoms with Gasteiger partial charge in [0.1, 0.15) is 4.90 Å². The molecule has 0 unspecified atom stereocenters. The molecule has 2 aromatic carbocycles. The van der Waals surface area contributed by atoms with Crippen molar-refractivity contribution >= 4 is 31.6 Å². The lowest BCUT2D eigenvalue weighted by Crippen LogP contribution is -2.08. The maximum Gasteiger partial charge on any atom is 0.295 e. The number of rotatable bonds is 6. The molecule has 0 amide bonds. The van der Waals surface area contributed by atoms with Gasteiger partial charge in [0, 0.05) is 17.8 Å². The van der Waals surface area contributed by atoms with E-state index in [1.807, 2.05) is 0 Å². The fourth-order valence-corrected chi connectivity index (χ4v) is 3.95. The van der Waals surface area contributed by atoms with Crippen LogP contribution < -0.4 is 5.73 Å². The Hall–Kier alpha value is -2.54. The first-order valence-corrected chi connectivity index (χ1v) is 9.88. The second kappa shape index (κ2) is 6.99. The molecular weight excluding hydrogens is 388 g/mol. The van der Waals surface area contributed by atoms with Gasteiger partial charge in [-0.2, -0.15) is 16.8 Å². The Balaban J connectivity index is 2.44. The molecule has 26 heavy (non-hydrogen) atoms. The van der Waals surface area contributed by atoms with Crippen molar-refractivity contribution < 1.29 is 30.9 Å². The van der Waals surface area contributed by atoms with Crippen LogP contribution in [0.5, 0.6) is 0 Å². The van der Waals surface area contributed by atoms with Gasteiger partial charge in [-0.05, 0) is 36.1 Å². The summed E-state index contributed by atoms with van der Waals surface area (Å²) in [6, 6.07) is 6.77. The van der Waals surface area contributed by atoms with Crippen molar-refractivity contribution in [2.24, 2.45) is 0 Å². The molecule has 2 aromatic rings. The third kappa shape index (κ3) is 4.54. The first-order valence-electron chi connectivity index (χ1n) is 7.00. The van der Waals surface area contributed by atoms with Crippen LogP contribution in [0.15, 0.2) is 46.2 Å². The lowest BCUT2D eigenvalue weighted by Gasteiger charge is -2.10. The lowest BCUT2D eigenvalue weighted by molar-refractivity contribution is -0.385. The molecule has 0 saturated carbocycles. The van der Waals surface area contributed by atoms with Crippen molar-refractivity contribution in [1.29, 1.82) is 0 Å². The number of hydrogen-bond donors (Lipinski definition) is 3. The van der Waals surface area contributed by atoms with Gasteiger partial charge in [0.25, 0.3) is 25.9 Å². The minimum atomic E-state index is -4.73. The molecule has 0 aliphatic rings. The number of nitrogen functional groups attached to an aromatic ring is 1. The largest absolute Gasteiger partial charge is 0.399 e. The van der Waals surface area contributed by atoms with Gasteiger partial charge >= 0.3 is 0 Å². The van der Waals surface area contributed by atoms with Gasteiger partial charge in [0.05, 0.1) is 9.82 Å². The molecule has 0 aliphatic heterocycles. The first kappa shape index (κ1) is 19.8. The molecule has 4 N–H and O–H groups in total. The number of anilines is 1. The standard InChI is InChI=1S/C14H14N2O8S2/c15-11-5-3-9(13(7-11)25(19,20)21)1-2-10-4-6-12(16(17)18)8-14(10)26(22,23)24/h3-8H,1-2,15H2,(H,19,20,21)(H,22,23,24). The number of nitrogens with two attached hydrogens (primary N) is 1. The summed E-state index contributed by atoms with van der Waals surface area (Å²) in [6.45, 7) is 0. The van der Waals surface area contributed by atoms with E-state index in [0.29, 0.717) is 0 Å². The fraction of sp³-hybridized carbons (Fsp3) is 0.143. The van der Waals surface area contributed by atoms with Crippen LogP contribution in [0.4, 0.5) is 11.4 Å². The van der Waals surface area contributed by atoms with Crippen LogP contribution in [0.3, 0.4) is 0 Å². The second-order valence-electron chi connectivity index (χ2n) is 5.37. The van der Waals surface area contributed by atoms with Crippen LogP contribution in [-0.2, 0) is 33.1 Å². The van der Waals surface area contributed by atoms with Crippen molar-refractivity contribution in [1.82, 2.24) is 0 Å². The van der Waals surface area contributed by atoms with Crippen LogP contribution in [0.25, 0.3) is 0 Å². The molecule has 0 radical (unpaired) electrons. The Bertz CT molecular complexity index is 1080. The Labute approximate surface area is 148 Å². The molecule has 10 nitrogen and oxygen atoms in total.